The van der Waals surface area contributed by atoms with Gasteiger partial charge in [-0.3, -0.25) is 4.90 Å². The molecule has 1 fully saturated rings. The lowest BCUT2D eigenvalue weighted by atomic mass is 9.58. The molecule has 9 nitrogen and oxygen atoms in total. The highest BCUT2D eigenvalue weighted by atomic mass is 16.6. The van der Waals surface area contributed by atoms with Crippen molar-refractivity contribution in [2.24, 2.45) is 0 Å². The van der Waals surface area contributed by atoms with Crippen LogP contribution in [0.25, 0.3) is 0 Å². The van der Waals surface area contributed by atoms with Crippen LogP contribution in [0.15, 0.2) is 60.7 Å². The van der Waals surface area contributed by atoms with Gasteiger partial charge < -0.3 is 29.2 Å². The van der Waals surface area contributed by atoms with Gasteiger partial charge in [0, 0.05) is 13.1 Å². The summed E-state index contributed by atoms with van der Waals surface area (Å²) in [6.07, 6.45) is -4.35. The minimum Gasteiger partial charge on any atom is -0.479 e. The third-order valence-electron chi connectivity index (χ3n) is 5.56. The molecule has 0 spiro atoms. The van der Waals surface area contributed by atoms with Crippen LogP contribution >= 0.6 is 0 Å². The van der Waals surface area contributed by atoms with Crippen LogP contribution in [-0.2, 0) is 30.3 Å². The fourth-order valence-corrected chi connectivity index (χ4v) is 3.76. The molecule has 2 N–H and O–H groups in total. The van der Waals surface area contributed by atoms with E-state index < -0.39 is 42.4 Å². The Morgan fingerprint density at radius 1 is 1.12 bits per heavy atom. The van der Waals surface area contributed by atoms with Crippen LogP contribution in [0.4, 0.5) is 4.79 Å². The topological polar surface area (TPSA) is 115 Å². The molecular formula is C24H29BNO8. The van der Waals surface area contributed by atoms with E-state index >= 15 is 0 Å². The minimum absolute atomic E-state index is 0.146. The first-order valence-corrected chi connectivity index (χ1v) is 11.0. The summed E-state index contributed by atoms with van der Waals surface area (Å²) in [4.78, 5) is 25.0. The van der Waals surface area contributed by atoms with Crippen molar-refractivity contribution in [3.8, 4) is 0 Å². The van der Waals surface area contributed by atoms with Gasteiger partial charge in [-0.15, -0.1) is 0 Å². The number of carboxylic acids is 1. The van der Waals surface area contributed by atoms with Crippen molar-refractivity contribution in [1.29, 1.82) is 0 Å². The molecule has 0 aromatic heterocycles. The summed E-state index contributed by atoms with van der Waals surface area (Å²) < 4.78 is 22.8. The molecular weight excluding hydrogens is 441 g/mol. The Balaban J connectivity index is 1.83. The van der Waals surface area contributed by atoms with Gasteiger partial charge in [0.2, 0.25) is 0 Å². The molecule has 3 rings (SSSR count). The Kier molecular flexibility index (Phi) is 9.47. The van der Waals surface area contributed by atoms with Crippen molar-refractivity contribution < 1.29 is 38.7 Å². The van der Waals surface area contributed by atoms with Crippen LogP contribution < -0.4 is 0 Å². The number of hydrogen-bond acceptors (Lipinski definition) is 6. The average molecular weight is 470 g/mol. The Labute approximate surface area is 199 Å². The molecule has 1 radical (unpaired) electrons. The van der Waals surface area contributed by atoms with Crippen molar-refractivity contribution >= 4 is 19.3 Å². The van der Waals surface area contributed by atoms with E-state index in [1.807, 2.05) is 60.7 Å². The van der Waals surface area contributed by atoms with E-state index in [0.29, 0.717) is 0 Å². The van der Waals surface area contributed by atoms with Crippen LogP contribution in [0.5, 0.6) is 0 Å². The number of rotatable bonds is 11. The first-order valence-electron chi connectivity index (χ1n) is 11.0. The molecule has 0 aliphatic carbocycles. The number of carbonyl (C=O) groups is 2. The Morgan fingerprint density at radius 2 is 1.76 bits per heavy atom. The number of amides is 1. The van der Waals surface area contributed by atoms with Gasteiger partial charge in [0.25, 0.3) is 0 Å². The van der Waals surface area contributed by atoms with E-state index in [0.717, 1.165) is 16.0 Å². The third kappa shape index (κ3) is 6.80. The maximum absolute atomic E-state index is 12.5. The average Bonchev–Trinajstić information content (AvgIpc) is 2.85. The molecule has 5 atom stereocenters. The third-order valence-corrected chi connectivity index (χ3v) is 5.56. The Morgan fingerprint density at radius 3 is 2.35 bits per heavy atom. The Hall–Kier alpha value is -2.92. The lowest BCUT2D eigenvalue weighted by Gasteiger charge is -2.43. The highest BCUT2D eigenvalue weighted by Crippen LogP contribution is 2.27. The molecule has 0 bridgehead atoms. The smallest absolute Gasteiger partial charge is 0.409 e. The number of nitrogens with zero attached hydrogens (tertiary/aromatic N) is 1. The van der Waals surface area contributed by atoms with Gasteiger partial charge in [-0.25, -0.2) is 9.59 Å². The molecule has 1 aliphatic rings. The summed E-state index contributed by atoms with van der Waals surface area (Å²) >= 11 is 0. The lowest BCUT2D eigenvalue weighted by Crippen LogP contribution is -2.61. The highest BCUT2D eigenvalue weighted by Gasteiger charge is 2.43. The number of aliphatic carboxylic acids is 1. The zero-order valence-corrected chi connectivity index (χ0v) is 19.2. The second-order valence-electron chi connectivity index (χ2n) is 7.88. The summed E-state index contributed by atoms with van der Waals surface area (Å²) in [6, 6.07) is 18.3. The first-order chi connectivity index (χ1) is 16.4. The quantitative estimate of drug-likeness (QED) is 0.381. The number of carboxylic acid groups (broad SMARTS) is 2. The van der Waals surface area contributed by atoms with Gasteiger partial charge >= 0.3 is 12.1 Å². The van der Waals surface area contributed by atoms with E-state index in [2.05, 4.69) is 0 Å². The van der Waals surface area contributed by atoms with Crippen molar-refractivity contribution in [2.45, 2.75) is 43.9 Å². The molecule has 1 amide bonds. The van der Waals surface area contributed by atoms with Gasteiger partial charge in [0.15, 0.2) is 19.6 Å². The SMILES string of the molecule is COC1COC(c2ccccc2)[B]C1N(C(=O)O)C(COCc1ccccc1)O[C@H](C)C(=O)O. The van der Waals surface area contributed by atoms with Crippen LogP contribution in [0.2, 0.25) is 0 Å². The molecule has 0 saturated carbocycles. The predicted octanol–water partition coefficient (Wildman–Crippen LogP) is 2.77. The second-order valence-corrected chi connectivity index (χ2v) is 7.88. The molecule has 4 unspecified atom stereocenters. The van der Waals surface area contributed by atoms with Gasteiger partial charge in [-0.05, 0) is 18.1 Å². The van der Waals surface area contributed by atoms with E-state index in [1.54, 1.807) is 7.28 Å². The van der Waals surface area contributed by atoms with Gasteiger partial charge in [-0.2, -0.15) is 0 Å². The van der Waals surface area contributed by atoms with Crippen LogP contribution in [0, 0.1) is 0 Å². The molecule has 10 heteroatoms. The molecule has 1 saturated heterocycles. The summed E-state index contributed by atoms with van der Waals surface area (Å²) in [5, 5.41) is 19.5. The van der Waals surface area contributed by atoms with Gasteiger partial charge in [0.1, 0.15) is 0 Å². The maximum atomic E-state index is 12.5. The lowest BCUT2D eigenvalue weighted by molar-refractivity contribution is -0.172. The standard InChI is InChI=1S/C24H29BNO8/c1-16(23(27)28)34-20(15-32-13-17-9-5-3-6-10-17)26(24(29)30)21-19(31-2)14-33-22(25-21)18-11-7-4-8-12-18/h3-12,16,19-22H,13-15H2,1-2H3,(H,27,28)(H,29,30)/t16-,19?,20?,21?,22?/m1/s1. The highest BCUT2D eigenvalue weighted by molar-refractivity contribution is 6.40. The van der Waals surface area contributed by atoms with Gasteiger partial charge in [-0.1, -0.05) is 60.7 Å². The Bertz CT molecular complexity index is 916. The first kappa shape index (κ1) is 25.7. The normalized spacial score (nSPS) is 21.8. The molecule has 1 heterocycles. The van der Waals surface area contributed by atoms with Gasteiger partial charge in [0.05, 0.1) is 31.9 Å². The zero-order valence-electron chi connectivity index (χ0n) is 19.2. The number of ether oxygens (including phenoxy) is 4. The van der Waals surface area contributed by atoms with E-state index in [9.17, 15) is 19.8 Å². The van der Waals surface area contributed by atoms with Crippen LogP contribution in [-0.4, -0.2) is 79.2 Å². The monoisotopic (exact) mass is 470 g/mol. The van der Waals surface area contributed by atoms with Crippen molar-refractivity contribution in [1.82, 2.24) is 4.90 Å². The molecule has 2 aromatic rings. The molecule has 34 heavy (non-hydrogen) atoms. The van der Waals surface area contributed by atoms with Crippen LogP contribution in [0.1, 0.15) is 24.1 Å². The number of hydrogen-bond donors (Lipinski definition) is 2. The van der Waals surface area contributed by atoms with E-state index in [-0.39, 0.29) is 19.8 Å². The summed E-state index contributed by atoms with van der Waals surface area (Å²) in [6.45, 7) is 1.54. The van der Waals surface area contributed by atoms with E-state index in [1.165, 1.54) is 14.0 Å². The van der Waals surface area contributed by atoms with E-state index in [4.69, 9.17) is 18.9 Å². The fraction of sp³-hybridized carbons (Fsp3) is 0.417. The molecule has 1 aliphatic heterocycles. The molecule has 2 aromatic carbocycles. The van der Waals surface area contributed by atoms with Crippen molar-refractivity contribution in [2.75, 3.05) is 20.3 Å². The fourth-order valence-electron chi connectivity index (χ4n) is 3.76. The largest absolute Gasteiger partial charge is 0.479 e. The number of methoxy groups -OCH3 is 1. The predicted molar refractivity (Wildman–Crippen MR) is 123 cm³/mol. The summed E-state index contributed by atoms with van der Waals surface area (Å²) in [7, 11) is 3.21. The minimum atomic E-state index is -1.29. The number of benzene rings is 2. The van der Waals surface area contributed by atoms with Crippen LogP contribution in [0.3, 0.4) is 0 Å². The van der Waals surface area contributed by atoms with Crippen molar-refractivity contribution in [3.05, 3.63) is 71.8 Å². The summed E-state index contributed by atoms with van der Waals surface area (Å²) in [5.41, 5.74) is 1.76. The van der Waals surface area contributed by atoms with Crippen molar-refractivity contribution in [3.63, 3.8) is 0 Å². The second kappa shape index (κ2) is 12.5. The maximum Gasteiger partial charge on any atom is 0.409 e. The molecule has 181 valence electrons. The zero-order chi connectivity index (χ0) is 24.5. The summed E-state index contributed by atoms with van der Waals surface area (Å²) in [5.74, 6) is -1.98.